The third kappa shape index (κ3) is 11.4. The highest BCUT2D eigenvalue weighted by atomic mass is 16.8. The van der Waals surface area contributed by atoms with Gasteiger partial charge in [0.2, 0.25) is 17.7 Å². The molecule has 0 bridgehead atoms. The lowest BCUT2D eigenvalue weighted by Gasteiger charge is -2.51. The lowest BCUT2D eigenvalue weighted by molar-refractivity contribution is -0.365. The standard InChI is InChI=1S/C43H44O19/c1-23(44)53-21-31-33(55-24(2)45)35(56-25(3)46)36(57-26(4)47)41(59-31)61-34-32(22-54-39(50)29-17-11-7-12-18-29)60-42(58-27(5)48)43(52,37(49)28-15-9-6-10-16-28)38(34)62-40(51)30-19-13-8-14-20-30/h6-20,31-36,38,41-42,52H,21-22H2,1-5H3/t31-,32-,33+,34+,35+,36-,38+,41-,42+,43-/m1/s1. The minimum atomic E-state index is -3.19. The molecule has 0 spiro atoms. The molecule has 2 fully saturated rings. The summed E-state index contributed by atoms with van der Waals surface area (Å²) in [5.41, 5.74) is -3.38. The number of hydrogen-bond donors (Lipinski definition) is 1. The van der Waals surface area contributed by atoms with Gasteiger partial charge in [-0.05, 0) is 24.3 Å². The number of carbonyl (C=O) groups is 8. The number of ether oxygens (including phenoxy) is 10. The fourth-order valence-electron chi connectivity index (χ4n) is 6.72. The van der Waals surface area contributed by atoms with Gasteiger partial charge in [-0.3, -0.25) is 28.8 Å². The Balaban J connectivity index is 1.72. The van der Waals surface area contributed by atoms with E-state index in [2.05, 4.69) is 0 Å². The van der Waals surface area contributed by atoms with Crippen LogP contribution in [0.15, 0.2) is 91.0 Å². The van der Waals surface area contributed by atoms with Crippen molar-refractivity contribution in [3.05, 3.63) is 108 Å². The summed E-state index contributed by atoms with van der Waals surface area (Å²) in [4.78, 5) is 104. The average Bonchev–Trinajstić information content (AvgIpc) is 3.23. The van der Waals surface area contributed by atoms with Gasteiger partial charge in [0.05, 0.1) is 11.1 Å². The number of hydrogen-bond acceptors (Lipinski definition) is 19. The Morgan fingerprint density at radius 3 is 1.47 bits per heavy atom. The minimum Gasteiger partial charge on any atom is -0.463 e. The van der Waals surface area contributed by atoms with Crippen molar-refractivity contribution in [1.82, 2.24) is 0 Å². The van der Waals surface area contributed by atoms with Crippen LogP contribution in [-0.4, -0.2) is 127 Å². The molecule has 19 heteroatoms. The number of esters is 7. The first-order valence-electron chi connectivity index (χ1n) is 19.1. The van der Waals surface area contributed by atoms with Crippen molar-refractivity contribution in [3.8, 4) is 0 Å². The Labute approximate surface area is 354 Å². The summed E-state index contributed by atoms with van der Waals surface area (Å²) in [7, 11) is 0. The van der Waals surface area contributed by atoms with E-state index in [0.717, 1.165) is 34.6 Å². The molecule has 1 N–H and O–H groups in total. The van der Waals surface area contributed by atoms with E-state index >= 15 is 0 Å². The second-order valence-electron chi connectivity index (χ2n) is 14.0. The molecule has 2 aliphatic heterocycles. The summed E-state index contributed by atoms with van der Waals surface area (Å²) in [5, 5.41) is 12.8. The average molecular weight is 865 g/mol. The van der Waals surface area contributed by atoms with Crippen LogP contribution in [0.5, 0.6) is 0 Å². The van der Waals surface area contributed by atoms with Crippen LogP contribution in [0.2, 0.25) is 0 Å². The molecule has 19 nitrogen and oxygen atoms in total. The van der Waals surface area contributed by atoms with Gasteiger partial charge >= 0.3 is 41.8 Å². The number of Topliss-reactive ketones (excluding diaryl/α,β-unsaturated/α-hetero) is 1. The molecule has 2 aliphatic rings. The maximum absolute atomic E-state index is 14.7. The van der Waals surface area contributed by atoms with Crippen LogP contribution in [0, 0.1) is 0 Å². The lowest BCUT2D eigenvalue weighted by Crippen LogP contribution is -2.73. The van der Waals surface area contributed by atoms with Crippen molar-refractivity contribution in [1.29, 1.82) is 0 Å². The highest BCUT2D eigenvalue weighted by Gasteiger charge is 2.66. The van der Waals surface area contributed by atoms with Crippen molar-refractivity contribution < 1.29 is 90.8 Å². The smallest absolute Gasteiger partial charge is 0.338 e. The zero-order valence-electron chi connectivity index (χ0n) is 34.1. The second-order valence-corrected chi connectivity index (χ2v) is 14.0. The highest BCUT2D eigenvalue weighted by Crippen LogP contribution is 2.40. The zero-order chi connectivity index (χ0) is 45.1. The molecule has 3 aromatic carbocycles. The van der Waals surface area contributed by atoms with Gasteiger partial charge in [-0.1, -0.05) is 66.7 Å². The molecule has 10 atom stereocenters. The van der Waals surface area contributed by atoms with Crippen LogP contribution in [-0.2, 0) is 71.3 Å². The fourth-order valence-corrected chi connectivity index (χ4v) is 6.72. The molecule has 0 unspecified atom stereocenters. The second kappa shape index (κ2) is 20.8. The van der Waals surface area contributed by atoms with Gasteiger partial charge < -0.3 is 52.5 Å². The minimum absolute atomic E-state index is 0.0831. The van der Waals surface area contributed by atoms with E-state index in [1.807, 2.05) is 0 Å². The predicted molar refractivity (Wildman–Crippen MR) is 205 cm³/mol. The maximum atomic E-state index is 14.7. The van der Waals surface area contributed by atoms with Crippen LogP contribution in [0.25, 0.3) is 0 Å². The molecule has 0 radical (unpaired) electrons. The molecular formula is C43H44O19. The van der Waals surface area contributed by atoms with Crippen LogP contribution in [0.1, 0.15) is 65.7 Å². The van der Waals surface area contributed by atoms with Crippen molar-refractivity contribution in [2.24, 2.45) is 0 Å². The van der Waals surface area contributed by atoms with Crippen molar-refractivity contribution in [3.63, 3.8) is 0 Å². The van der Waals surface area contributed by atoms with Gasteiger partial charge in [0.25, 0.3) is 0 Å². The third-order valence-electron chi connectivity index (χ3n) is 9.30. The summed E-state index contributed by atoms with van der Waals surface area (Å²) in [5.74, 6) is -8.02. The predicted octanol–water partition coefficient (Wildman–Crippen LogP) is 2.44. The Morgan fingerprint density at radius 2 is 0.952 bits per heavy atom. The molecule has 0 aliphatic carbocycles. The molecule has 2 saturated heterocycles. The van der Waals surface area contributed by atoms with E-state index in [1.54, 1.807) is 30.3 Å². The van der Waals surface area contributed by atoms with Gasteiger partial charge in [0.1, 0.15) is 31.5 Å². The molecular weight excluding hydrogens is 820 g/mol. The first-order valence-corrected chi connectivity index (χ1v) is 19.1. The summed E-state index contributed by atoms with van der Waals surface area (Å²) in [6.07, 6.45) is -17.2. The Kier molecular flexibility index (Phi) is 15.6. The van der Waals surface area contributed by atoms with E-state index in [0.29, 0.717) is 0 Å². The SMILES string of the molecule is CC(=O)OC[C@H]1O[C@H](O[C@H]2[C@@H](COC(=O)c3ccccc3)O[C@H](OC(C)=O)[C@@](O)(C(=O)c3ccccc3)[C@H]2OC(=O)c2ccccc2)[C@H](OC(C)=O)[C@@H](OC(C)=O)[C@H]1OC(C)=O. The van der Waals surface area contributed by atoms with Crippen molar-refractivity contribution >= 4 is 47.6 Å². The lowest BCUT2D eigenvalue weighted by atomic mass is 9.80. The topological polar surface area (TPSA) is 249 Å². The molecule has 0 saturated carbocycles. The monoisotopic (exact) mass is 864 g/mol. The van der Waals surface area contributed by atoms with Crippen LogP contribution < -0.4 is 0 Å². The summed E-state index contributed by atoms with van der Waals surface area (Å²) in [6, 6.07) is 22.1. The molecule has 2 heterocycles. The normalized spacial score (nSPS) is 26.7. The van der Waals surface area contributed by atoms with Crippen molar-refractivity contribution in [2.45, 2.75) is 95.5 Å². The number of carbonyl (C=O) groups excluding carboxylic acids is 8. The van der Waals surface area contributed by atoms with Crippen LogP contribution >= 0.6 is 0 Å². The van der Waals surface area contributed by atoms with Crippen molar-refractivity contribution in [2.75, 3.05) is 13.2 Å². The third-order valence-corrected chi connectivity index (χ3v) is 9.30. The van der Waals surface area contributed by atoms with Crippen LogP contribution in [0.4, 0.5) is 0 Å². The van der Waals surface area contributed by atoms with Gasteiger partial charge in [0, 0.05) is 40.2 Å². The number of aliphatic hydroxyl groups is 1. The summed E-state index contributed by atoms with van der Waals surface area (Å²) >= 11 is 0. The van der Waals surface area contributed by atoms with E-state index in [1.165, 1.54) is 60.7 Å². The number of benzene rings is 3. The molecule has 62 heavy (non-hydrogen) atoms. The Morgan fingerprint density at radius 1 is 0.500 bits per heavy atom. The van der Waals surface area contributed by atoms with Gasteiger partial charge in [-0.15, -0.1) is 0 Å². The highest BCUT2D eigenvalue weighted by molar-refractivity contribution is 6.04. The molecule has 5 rings (SSSR count). The van der Waals surface area contributed by atoms with Gasteiger partial charge in [-0.25, -0.2) is 9.59 Å². The molecule has 0 amide bonds. The number of ketones is 1. The Hall–Kier alpha value is -6.54. The molecule has 0 aromatic heterocycles. The largest absolute Gasteiger partial charge is 0.463 e. The first kappa shape index (κ1) is 46.5. The van der Waals surface area contributed by atoms with Gasteiger partial charge in [0.15, 0.2) is 30.7 Å². The van der Waals surface area contributed by atoms with Gasteiger partial charge in [-0.2, -0.15) is 0 Å². The summed E-state index contributed by atoms with van der Waals surface area (Å²) < 4.78 is 57.4. The zero-order valence-corrected chi connectivity index (χ0v) is 34.1. The van der Waals surface area contributed by atoms with E-state index < -0.39 is 122 Å². The molecule has 330 valence electrons. The molecule has 3 aromatic rings. The van der Waals surface area contributed by atoms with E-state index in [-0.39, 0.29) is 16.7 Å². The first-order chi connectivity index (χ1) is 29.5. The fraction of sp³-hybridized carbons (Fsp3) is 0.395. The van der Waals surface area contributed by atoms with Crippen LogP contribution in [0.3, 0.4) is 0 Å². The quantitative estimate of drug-likeness (QED) is 0.131. The number of rotatable bonds is 15. The maximum Gasteiger partial charge on any atom is 0.338 e. The summed E-state index contributed by atoms with van der Waals surface area (Å²) in [6.45, 7) is 3.52. The van der Waals surface area contributed by atoms with E-state index in [4.69, 9.17) is 47.4 Å². The Bertz CT molecular complexity index is 2090. The van der Waals surface area contributed by atoms with E-state index in [9.17, 15) is 43.5 Å².